The molecule has 0 saturated heterocycles. The third-order valence-electron chi connectivity index (χ3n) is 8.64. The van der Waals surface area contributed by atoms with Crippen molar-refractivity contribution < 1.29 is 0 Å². The van der Waals surface area contributed by atoms with Crippen LogP contribution in [0.15, 0.2) is 91.0 Å². The van der Waals surface area contributed by atoms with Crippen LogP contribution in [0.4, 0.5) is 0 Å². The van der Waals surface area contributed by atoms with Gasteiger partial charge in [0.05, 0.1) is 16.1 Å². The van der Waals surface area contributed by atoms with Gasteiger partial charge in [-0.05, 0) is 91.7 Å². The SMILES string of the molecule is Cc1cc2c(c(=C(c3ccccc3)c3ccccc3)c1)=c1c([Si](C)(C)C)c([Si](C)(C)C)c(C)c(C3=CC=CC3)c1=C2. The first-order valence-electron chi connectivity index (χ1n) is 15.0. The zero-order chi connectivity index (χ0) is 29.1. The van der Waals surface area contributed by atoms with Crippen LogP contribution in [0.5, 0.6) is 0 Å². The molecule has 0 aromatic heterocycles. The summed E-state index contributed by atoms with van der Waals surface area (Å²) >= 11 is 0. The molecule has 41 heavy (non-hydrogen) atoms. The molecule has 0 N–H and O–H groups in total. The van der Waals surface area contributed by atoms with Crippen molar-refractivity contribution in [2.24, 2.45) is 0 Å². The van der Waals surface area contributed by atoms with Crippen molar-refractivity contribution in [3.8, 4) is 0 Å². The van der Waals surface area contributed by atoms with Crippen LogP contribution in [0.3, 0.4) is 0 Å². The number of benzene rings is 4. The van der Waals surface area contributed by atoms with Gasteiger partial charge in [0.1, 0.15) is 0 Å². The maximum absolute atomic E-state index is 2.56. The molecule has 0 aliphatic heterocycles. The Hall–Kier alpha value is -3.47. The topological polar surface area (TPSA) is 0 Å². The van der Waals surface area contributed by atoms with E-state index >= 15 is 0 Å². The van der Waals surface area contributed by atoms with Crippen molar-refractivity contribution in [3.63, 3.8) is 0 Å². The van der Waals surface area contributed by atoms with Crippen LogP contribution < -0.4 is 20.8 Å². The molecule has 6 rings (SSSR count). The third kappa shape index (κ3) is 4.77. The molecule has 0 unspecified atom stereocenters. The number of rotatable bonds is 5. The molecule has 4 aromatic carbocycles. The average molecular weight is 567 g/mol. The summed E-state index contributed by atoms with van der Waals surface area (Å²) in [6.07, 6.45) is 10.5. The molecule has 2 heteroatoms. The van der Waals surface area contributed by atoms with Crippen LogP contribution in [0.1, 0.15) is 39.8 Å². The first kappa shape index (κ1) is 27.7. The molecule has 2 aliphatic rings. The van der Waals surface area contributed by atoms with Gasteiger partial charge in [-0.15, -0.1) is 0 Å². The Kier molecular flexibility index (Phi) is 6.83. The van der Waals surface area contributed by atoms with E-state index in [2.05, 4.69) is 150 Å². The van der Waals surface area contributed by atoms with E-state index in [9.17, 15) is 0 Å². The van der Waals surface area contributed by atoms with E-state index in [1.54, 1.807) is 10.4 Å². The van der Waals surface area contributed by atoms with Crippen LogP contribution in [0.25, 0.3) is 17.2 Å². The summed E-state index contributed by atoms with van der Waals surface area (Å²) in [5.74, 6) is 0. The van der Waals surface area contributed by atoms with Gasteiger partial charge in [0.15, 0.2) is 0 Å². The molecule has 0 radical (unpaired) electrons. The highest BCUT2D eigenvalue weighted by Crippen LogP contribution is 2.27. The Morgan fingerprint density at radius 3 is 1.78 bits per heavy atom. The second-order valence-electron chi connectivity index (χ2n) is 13.9. The highest BCUT2D eigenvalue weighted by Gasteiger charge is 2.34. The molecule has 0 bridgehead atoms. The Morgan fingerprint density at radius 1 is 0.683 bits per heavy atom. The minimum Gasteiger partial charge on any atom is -0.0801 e. The summed E-state index contributed by atoms with van der Waals surface area (Å²) < 4.78 is 0. The molecule has 206 valence electrons. The molecular weight excluding hydrogens is 525 g/mol. The fourth-order valence-corrected chi connectivity index (χ4v) is 13.6. The predicted octanol–water partition coefficient (Wildman–Crippen LogP) is 7.41. The highest BCUT2D eigenvalue weighted by molar-refractivity contribution is 6.98. The van der Waals surface area contributed by atoms with Crippen molar-refractivity contribution >= 4 is 43.7 Å². The zero-order valence-corrected chi connectivity index (χ0v) is 27.9. The molecule has 0 saturated carbocycles. The summed E-state index contributed by atoms with van der Waals surface area (Å²) in [5, 5.41) is 9.19. The Morgan fingerprint density at radius 2 is 1.27 bits per heavy atom. The van der Waals surface area contributed by atoms with E-state index < -0.39 is 16.1 Å². The zero-order valence-electron chi connectivity index (χ0n) is 25.9. The second kappa shape index (κ2) is 10.1. The van der Waals surface area contributed by atoms with Gasteiger partial charge in [-0.25, -0.2) is 0 Å². The van der Waals surface area contributed by atoms with Gasteiger partial charge >= 0.3 is 0 Å². The van der Waals surface area contributed by atoms with Gasteiger partial charge < -0.3 is 0 Å². The lowest BCUT2D eigenvalue weighted by atomic mass is 9.92. The summed E-state index contributed by atoms with van der Waals surface area (Å²) in [6, 6.07) is 26.9. The maximum atomic E-state index is 2.56. The molecule has 0 heterocycles. The van der Waals surface area contributed by atoms with Gasteiger partial charge in [0.2, 0.25) is 0 Å². The van der Waals surface area contributed by atoms with Crippen molar-refractivity contribution in [1.82, 2.24) is 0 Å². The lowest BCUT2D eigenvalue weighted by molar-refractivity contribution is 1.32. The number of hydrogen-bond acceptors (Lipinski definition) is 0. The molecule has 2 aliphatic carbocycles. The largest absolute Gasteiger partial charge is 0.0801 e. The molecular formula is C39H42Si2. The lowest BCUT2D eigenvalue weighted by Gasteiger charge is -2.32. The monoisotopic (exact) mass is 566 g/mol. The molecule has 0 amide bonds. The first-order valence-corrected chi connectivity index (χ1v) is 22.0. The number of fused-ring (bicyclic) bond motifs is 2. The van der Waals surface area contributed by atoms with E-state index in [1.807, 2.05) is 0 Å². The smallest absolute Gasteiger partial charge is 0.0783 e. The van der Waals surface area contributed by atoms with Gasteiger partial charge in [0.25, 0.3) is 0 Å². The molecule has 0 spiro atoms. The Labute approximate surface area is 247 Å². The normalized spacial score (nSPS) is 14.0. The van der Waals surface area contributed by atoms with Crippen molar-refractivity contribution in [2.45, 2.75) is 59.6 Å². The lowest BCUT2D eigenvalue weighted by Crippen LogP contribution is -2.60. The molecule has 0 fully saturated rings. The fraction of sp³-hybridized carbons (Fsp3) is 0.231. The van der Waals surface area contributed by atoms with Crippen molar-refractivity contribution in [1.29, 1.82) is 0 Å². The summed E-state index contributed by atoms with van der Waals surface area (Å²) in [7, 11) is -3.46. The maximum Gasteiger partial charge on any atom is 0.0783 e. The third-order valence-corrected chi connectivity index (χ3v) is 13.0. The Bertz CT molecular complexity index is 1920. The number of allylic oxidation sites excluding steroid dienone is 4. The van der Waals surface area contributed by atoms with Gasteiger partial charge in [-0.1, -0.05) is 141 Å². The minimum atomic E-state index is -1.77. The minimum absolute atomic E-state index is 1.02. The quantitative estimate of drug-likeness (QED) is 0.194. The fourth-order valence-electron chi connectivity index (χ4n) is 7.28. The van der Waals surface area contributed by atoms with Gasteiger partial charge in [-0.2, -0.15) is 0 Å². The average Bonchev–Trinajstić information content (AvgIpc) is 3.56. The van der Waals surface area contributed by atoms with Crippen LogP contribution in [0.2, 0.25) is 39.3 Å². The number of hydrogen-bond donors (Lipinski definition) is 0. The van der Waals surface area contributed by atoms with Crippen LogP contribution in [0, 0.1) is 24.3 Å². The van der Waals surface area contributed by atoms with Gasteiger partial charge in [0, 0.05) is 0 Å². The summed E-state index contributed by atoms with van der Waals surface area (Å²) in [4.78, 5) is 0. The summed E-state index contributed by atoms with van der Waals surface area (Å²) in [5.41, 5.74) is 11.1. The molecule has 0 nitrogen and oxygen atoms in total. The molecule has 4 aromatic rings. The predicted molar refractivity (Wildman–Crippen MR) is 185 cm³/mol. The Balaban J connectivity index is 2.00. The number of aryl methyl sites for hydroxylation is 1. The van der Waals surface area contributed by atoms with Crippen LogP contribution in [-0.4, -0.2) is 16.1 Å². The van der Waals surface area contributed by atoms with E-state index in [4.69, 9.17) is 0 Å². The second-order valence-corrected chi connectivity index (χ2v) is 23.9. The van der Waals surface area contributed by atoms with Gasteiger partial charge in [-0.3, -0.25) is 0 Å². The van der Waals surface area contributed by atoms with Crippen molar-refractivity contribution in [3.05, 3.63) is 145 Å². The molecule has 0 atom stereocenters. The van der Waals surface area contributed by atoms with E-state index in [0.717, 1.165) is 6.42 Å². The summed E-state index contributed by atoms with van der Waals surface area (Å²) in [6.45, 7) is 20.0. The van der Waals surface area contributed by atoms with Crippen LogP contribution in [-0.2, 0) is 0 Å². The first-order chi connectivity index (χ1) is 19.5. The van der Waals surface area contributed by atoms with E-state index in [0.29, 0.717) is 0 Å². The van der Waals surface area contributed by atoms with E-state index in [1.165, 1.54) is 65.4 Å². The van der Waals surface area contributed by atoms with Crippen LogP contribution >= 0.6 is 0 Å². The standard InChI is InChI=1S/C39H42Si2/c1-26-23-31-25-33-34(28-21-15-16-22-28)27(2)38(40(3,4)5)39(41(6,7)8)37(33)36(31)32(24-26)35(29-17-11-9-12-18-29)30-19-13-10-14-20-30/h9-21,23-25H,22H2,1-8H3. The van der Waals surface area contributed by atoms with E-state index in [-0.39, 0.29) is 0 Å². The highest BCUT2D eigenvalue weighted by atomic mass is 28.3. The van der Waals surface area contributed by atoms with Crippen molar-refractivity contribution in [2.75, 3.05) is 0 Å².